The summed E-state index contributed by atoms with van der Waals surface area (Å²) in [7, 11) is 0. The fourth-order valence-electron chi connectivity index (χ4n) is 0.553. The summed E-state index contributed by atoms with van der Waals surface area (Å²) in [4.78, 5) is 0. The molecule has 0 spiro atoms. The standard InChI is InChI=1S/C6H13.BrH.Zn/c1-4-5-6(2)3;;/h6H,1,4-5H2,2-3H3;1H;. The van der Waals surface area contributed by atoms with Crippen molar-refractivity contribution in [2.75, 3.05) is 0 Å². The topological polar surface area (TPSA) is 0 Å². The second kappa shape index (κ2) is 8.10. The summed E-state index contributed by atoms with van der Waals surface area (Å²) < 4.78 is 0. The van der Waals surface area contributed by atoms with Gasteiger partial charge in [0.2, 0.25) is 0 Å². The van der Waals surface area contributed by atoms with Gasteiger partial charge in [0.15, 0.2) is 0 Å². The van der Waals surface area contributed by atoms with E-state index in [2.05, 4.69) is 13.8 Å². The monoisotopic (exact) mass is 229 g/mol. The second-order valence-corrected chi connectivity index (χ2v) is 3.87. The average molecular weight is 231 g/mol. The molecule has 0 unspecified atom stereocenters. The van der Waals surface area contributed by atoms with Crippen LogP contribution in [0.2, 0.25) is 5.02 Å². The van der Waals surface area contributed by atoms with Gasteiger partial charge in [-0.1, -0.05) is 0 Å². The molecule has 0 aromatic rings. The van der Waals surface area contributed by atoms with Crippen LogP contribution in [0.15, 0.2) is 0 Å². The Morgan fingerprint density at radius 1 is 1.38 bits per heavy atom. The Labute approximate surface area is 72.9 Å². The van der Waals surface area contributed by atoms with Crippen LogP contribution in [-0.2, 0) is 18.3 Å². The van der Waals surface area contributed by atoms with Crippen molar-refractivity contribution in [3.63, 3.8) is 0 Å². The van der Waals surface area contributed by atoms with Crippen molar-refractivity contribution < 1.29 is 18.3 Å². The van der Waals surface area contributed by atoms with Gasteiger partial charge in [-0.05, 0) is 0 Å². The van der Waals surface area contributed by atoms with Crippen LogP contribution in [0.1, 0.15) is 26.7 Å². The van der Waals surface area contributed by atoms with Gasteiger partial charge in [0.25, 0.3) is 0 Å². The van der Waals surface area contributed by atoms with Gasteiger partial charge in [0.1, 0.15) is 0 Å². The van der Waals surface area contributed by atoms with E-state index < -0.39 is 0 Å². The SMILES string of the molecule is Br.CC(C)CC[CH2][Zn]. The molecule has 47 valence electrons. The predicted octanol–water partition coefficient (Wildman–Crippen LogP) is 2.97. The third kappa shape index (κ3) is 10.2. The van der Waals surface area contributed by atoms with E-state index in [-0.39, 0.29) is 17.0 Å². The minimum absolute atomic E-state index is 0. The molecule has 0 aromatic carbocycles. The molecule has 0 radical (unpaired) electrons. The van der Waals surface area contributed by atoms with Gasteiger partial charge < -0.3 is 0 Å². The van der Waals surface area contributed by atoms with Crippen LogP contribution >= 0.6 is 17.0 Å². The van der Waals surface area contributed by atoms with Gasteiger partial charge in [-0.15, -0.1) is 17.0 Å². The first-order valence-corrected chi connectivity index (χ1v) is 5.16. The molecule has 0 aliphatic heterocycles. The van der Waals surface area contributed by atoms with Crippen molar-refractivity contribution >= 4 is 17.0 Å². The minimum atomic E-state index is 0. The van der Waals surface area contributed by atoms with Crippen molar-refractivity contribution in [3.8, 4) is 0 Å². The predicted molar refractivity (Wildman–Crippen MR) is 39.2 cm³/mol. The van der Waals surface area contributed by atoms with E-state index in [4.69, 9.17) is 0 Å². The molecule has 0 aliphatic carbocycles. The molecule has 0 saturated carbocycles. The van der Waals surface area contributed by atoms with Gasteiger partial charge in [-0.25, -0.2) is 0 Å². The number of halogens is 1. The van der Waals surface area contributed by atoms with E-state index in [1.807, 2.05) is 0 Å². The molecule has 0 atom stereocenters. The molecule has 2 heteroatoms. The third-order valence-electron chi connectivity index (χ3n) is 1.03. The zero-order chi connectivity index (χ0) is 5.70. The quantitative estimate of drug-likeness (QED) is 0.655. The van der Waals surface area contributed by atoms with Crippen molar-refractivity contribution in [1.29, 1.82) is 0 Å². The number of hydrogen-bond acceptors (Lipinski definition) is 0. The molecule has 0 bridgehead atoms. The summed E-state index contributed by atoms with van der Waals surface area (Å²) in [6.45, 7) is 4.57. The maximum absolute atomic E-state index is 2.29. The maximum atomic E-state index is 2.29. The van der Waals surface area contributed by atoms with E-state index >= 15 is 0 Å². The van der Waals surface area contributed by atoms with E-state index in [9.17, 15) is 0 Å². The van der Waals surface area contributed by atoms with Crippen LogP contribution in [0.5, 0.6) is 0 Å². The molecular formula is C6H14BrZn. The molecule has 0 nitrogen and oxygen atoms in total. The average Bonchev–Trinajstić information content (AvgIpc) is 1.61. The molecule has 0 rings (SSSR count). The van der Waals surface area contributed by atoms with Crippen molar-refractivity contribution in [1.82, 2.24) is 0 Å². The zero-order valence-electron chi connectivity index (χ0n) is 5.81. The Hall–Kier alpha value is 1.10. The fraction of sp³-hybridized carbons (Fsp3) is 1.00. The van der Waals surface area contributed by atoms with Crippen LogP contribution in [0.3, 0.4) is 0 Å². The molecule has 0 fully saturated rings. The Morgan fingerprint density at radius 3 is 2.00 bits per heavy atom. The first-order valence-electron chi connectivity index (χ1n) is 3.06. The van der Waals surface area contributed by atoms with Gasteiger partial charge >= 0.3 is 55.9 Å². The Kier molecular flexibility index (Phi) is 12.0. The van der Waals surface area contributed by atoms with Gasteiger partial charge in [-0.2, -0.15) is 0 Å². The van der Waals surface area contributed by atoms with Crippen molar-refractivity contribution in [2.45, 2.75) is 31.7 Å². The van der Waals surface area contributed by atoms with Gasteiger partial charge in [0, 0.05) is 0 Å². The molecule has 0 aromatic heterocycles. The molecule has 0 saturated heterocycles. The van der Waals surface area contributed by atoms with E-state index in [0.29, 0.717) is 0 Å². The summed E-state index contributed by atoms with van der Waals surface area (Å²) in [6, 6.07) is 0. The normalized spacial score (nSPS) is 9.12. The molecule has 0 aliphatic rings. The summed E-state index contributed by atoms with van der Waals surface area (Å²) >= 11 is 1.48. The molecular weight excluding hydrogens is 217 g/mol. The van der Waals surface area contributed by atoms with E-state index in [0.717, 1.165) is 5.92 Å². The zero-order valence-corrected chi connectivity index (χ0v) is 10.5. The van der Waals surface area contributed by atoms with Crippen LogP contribution in [0, 0.1) is 5.92 Å². The Balaban J connectivity index is 0. The summed E-state index contributed by atoms with van der Waals surface area (Å²) in [6.07, 6.45) is 2.89. The fourth-order valence-corrected chi connectivity index (χ4v) is 1.16. The van der Waals surface area contributed by atoms with Crippen molar-refractivity contribution in [3.05, 3.63) is 0 Å². The summed E-state index contributed by atoms with van der Waals surface area (Å²) in [5.41, 5.74) is 0. The van der Waals surface area contributed by atoms with Crippen LogP contribution in [-0.4, -0.2) is 0 Å². The van der Waals surface area contributed by atoms with Gasteiger partial charge in [0.05, 0.1) is 0 Å². The molecule has 0 amide bonds. The first kappa shape index (κ1) is 11.8. The van der Waals surface area contributed by atoms with Crippen LogP contribution < -0.4 is 0 Å². The molecule has 0 heterocycles. The summed E-state index contributed by atoms with van der Waals surface area (Å²) in [5.74, 6) is 0.923. The molecule has 0 N–H and O–H groups in total. The van der Waals surface area contributed by atoms with Crippen LogP contribution in [0.4, 0.5) is 0 Å². The molecule has 8 heavy (non-hydrogen) atoms. The van der Waals surface area contributed by atoms with E-state index in [1.54, 1.807) is 0 Å². The van der Waals surface area contributed by atoms with E-state index in [1.165, 1.54) is 36.2 Å². The third-order valence-corrected chi connectivity index (χ3v) is 2.08. The number of hydrogen-bond donors (Lipinski definition) is 0. The second-order valence-electron chi connectivity index (χ2n) is 2.39. The Morgan fingerprint density at radius 2 is 1.88 bits per heavy atom. The summed E-state index contributed by atoms with van der Waals surface area (Å²) in [5, 5.41) is 1.47. The van der Waals surface area contributed by atoms with Crippen LogP contribution in [0.25, 0.3) is 0 Å². The Bertz CT molecular complexity index is 37.5. The van der Waals surface area contributed by atoms with Crippen molar-refractivity contribution in [2.24, 2.45) is 5.92 Å². The first-order chi connectivity index (χ1) is 3.27. The number of rotatable bonds is 3. The van der Waals surface area contributed by atoms with Gasteiger partial charge in [-0.3, -0.25) is 0 Å².